The lowest BCUT2D eigenvalue weighted by Crippen LogP contribution is -2.61. The van der Waals surface area contributed by atoms with Crippen LogP contribution in [0.25, 0.3) is 144 Å². The van der Waals surface area contributed by atoms with E-state index in [9.17, 15) is 8.22 Å². The lowest BCUT2D eigenvalue weighted by atomic mass is 9.33. The number of rotatable bonds is 15. The van der Waals surface area contributed by atoms with Crippen molar-refractivity contribution in [3.05, 3.63) is 403 Å². The first kappa shape index (κ1) is 83.4. The molecule has 0 fully saturated rings. The first-order valence-electron chi connectivity index (χ1n) is 52.4. The zero-order chi connectivity index (χ0) is 102. The lowest BCUT2D eigenvalue weighted by Gasteiger charge is -2.46. The average molecular weight is 1800 g/mol. The summed E-state index contributed by atoms with van der Waals surface area (Å²) in [4.78, 5) is 4.97. The molecule has 0 spiro atoms. The van der Waals surface area contributed by atoms with E-state index in [2.05, 4.69) is 466 Å². The van der Waals surface area contributed by atoms with Crippen LogP contribution in [0.3, 0.4) is 0 Å². The van der Waals surface area contributed by atoms with Crippen molar-refractivity contribution in [3.63, 3.8) is 0 Å². The Morgan fingerprint density at radius 1 is 0.217 bits per heavy atom. The fourth-order valence-corrected chi connectivity index (χ4v) is 21.2. The van der Waals surface area contributed by atoms with E-state index in [1.165, 1.54) is 0 Å². The number of aromatic nitrogens is 2. The van der Waals surface area contributed by atoms with Gasteiger partial charge in [-0.3, -0.25) is 0 Å². The molecular formula is C133H129BN4. The van der Waals surface area contributed by atoms with Crippen molar-refractivity contribution in [2.24, 2.45) is 16.2 Å². The molecule has 5 heteroatoms. The highest BCUT2D eigenvalue weighted by Gasteiger charge is 2.46. The summed E-state index contributed by atoms with van der Waals surface area (Å²) in [5.74, 6) is 0. The number of hydrogen-bond acceptors (Lipinski definition) is 2. The molecule has 684 valence electrons. The van der Waals surface area contributed by atoms with Gasteiger partial charge < -0.3 is 18.9 Å². The van der Waals surface area contributed by atoms with Crippen molar-refractivity contribution in [3.8, 4) is 100 Å². The second kappa shape index (κ2) is 34.0. The van der Waals surface area contributed by atoms with Crippen LogP contribution in [0.15, 0.2) is 364 Å². The Labute approximate surface area is 828 Å². The first-order valence-corrected chi connectivity index (χ1v) is 49.4. The van der Waals surface area contributed by atoms with Crippen LogP contribution in [0, 0.1) is 16.2 Å². The van der Waals surface area contributed by atoms with Gasteiger partial charge in [-0.1, -0.05) is 400 Å². The van der Waals surface area contributed by atoms with Crippen LogP contribution >= 0.6 is 0 Å². The molecule has 0 N–H and O–H groups in total. The van der Waals surface area contributed by atoms with Crippen molar-refractivity contribution >= 4 is 101 Å². The summed E-state index contributed by atoms with van der Waals surface area (Å²) in [7, 11) is 0. The van der Waals surface area contributed by atoms with Crippen molar-refractivity contribution in [1.29, 1.82) is 0 Å². The molecule has 4 heterocycles. The van der Waals surface area contributed by atoms with E-state index in [1.54, 1.807) is 0 Å². The molecule has 0 unspecified atom stereocenters. The van der Waals surface area contributed by atoms with Crippen LogP contribution in [-0.2, 0) is 40.8 Å². The van der Waals surface area contributed by atoms with E-state index >= 15 is 0 Å². The van der Waals surface area contributed by atoms with Crippen LogP contribution in [0.4, 0.5) is 34.1 Å². The minimum atomic E-state index is -2.08. The SMILES string of the molecule is [2H]C([2H])(c1cc2c3c(c1)N(c1cc(-c4cccc(C(C)(C)C)c4)c(C([2H])([2H])C(C)(C)C)cc1-c1cccc(C(C)(C)C)c1)c1cc(-n4c5ccc(-c6ccccc6)cc5c5cc(-c6ccccc6)ccc54)ccc1B3c1ccc(-n3c4ccc(-c5ccccc5)cc4c4cc(-c5ccccc5)ccc43)cc1N2c1cc(-c2cccc(C(C)(C)C)c2)c(C([2H])([2H])C(C)(C)C)cc1-c1cccc(C(C)(C)C)c1)C(C)(C)C. The third kappa shape index (κ3) is 17.1. The molecule has 2 aliphatic rings. The Morgan fingerprint density at radius 3 is 0.768 bits per heavy atom. The van der Waals surface area contributed by atoms with Gasteiger partial charge >= 0.3 is 0 Å². The van der Waals surface area contributed by atoms with Gasteiger partial charge in [0.25, 0.3) is 6.71 Å². The van der Waals surface area contributed by atoms with Gasteiger partial charge in [0.05, 0.1) is 33.4 Å². The zero-order valence-electron chi connectivity index (χ0n) is 90.0. The van der Waals surface area contributed by atoms with Crippen LogP contribution in [-0.4, -0.2) is 15.8 Å². The Bertz CT molecular complexity index is 7660. The third-order valence-electron chi connectivity index (χ3n) is 28.0. The summed E-state index contributed by atoms with van der Waals surface area (Å²) in [6.07, 6.45) is -5.99. The normalized spacial score (nSPS) is 14.1. The summed E-state index contributed by atoms with van der Waals surface area (Å²) in [6.45, 7) is 44.6. The van der Waals surface area contributed by atoms with Crippen molar-refractivity contribution < 1.29 is 8.22 Å². The molecule has 19 aromatic rings. The Balaban J connectivity index is 0.968. The van der Waals surface area contributed by atoms with E-state index in [1.807, 2.05) is 62.3 Å². The predicted molar refractivity (Wildman–Crippen MR) is 597 cm³/mol. The lowest BCUT2D eigenvalue weighted by molar-refractivity contribution is 0.411. The standard InChI is InChI=1S/C133H129BN4/c1-127(2,3)82-85-66-124-126-125(67-85)138(121-81-107(95-47-35-51-101(69-95)131(13,14)15)99(84-129(7,8)9)77-109(121)97-49-37-53-103(71-97)133(19,20)21)123-79-105(136-118-64-56-92(88-42-30-24-31-43-88)74-112(118)113-75-93(57-65-119(113)136)89-44-32-25-33-45-89)59-61-115(123)134(126)114-60-58-104(135-116-62-54-90(86-38-26-22-27-39-86)72-110(116)111-73-91(55-63-117(111)135)87-40-28-23-29-41-87)78-122(114)137(124)120-80-106(94-46-34-50-100(68-94)130(10,11)12)98(83-128(4,5)6)76-108(120)96-48-36-52-102(70-96)132(16,17)18/h22-81H,82-84H2,1-21H3/i82D2,83D2,84D2. The minimum Gasteiger partial charge on any atom is -0.311 e. The van der Waals surface area contributed by atoms with Crippen LogP contribution < -0.4 is 26.2 Å². The highest BCUT2D eigenvalue weighted by Crippen LogP contribution is 2.55. The van der Waals surface area contributed by atoms with Gasteiger partial charge in [0.15, 0.2) is 0 Å². The summed E-state index contributed by atoms with van der Waals surface area (Å²) in [6, 6.07) is 134. The van der Waals surface area contributed by atoms with Crippen LogP contribution in [0.1, 0.15) is 193 Å². The highest BCUT2D eigenvalue weighted by atomic mass is 15.2. The van der Waals surface area contributed by atoms with Crippen LogP contribution in [0.5, 0.6) is 0 Å². The molecule has 2 aromatic heterocycles. The molecule has 2 aliphatic heterocycles. The summed E-state index contributed by atoms with van der Waals surface area (Å²) in [5.41, 5.74) is 31.0. The molecular weight excluding hydrogens is 1660 g/mol. The molecule has 0 atom stereocenters. The Hall–Kier alpha value is -14.0. The number of benzene rings is 17. The molecule has 4 nitrogen and oxygen atoms in total. The van der Waals surface area contributed by atoms with Crippen LogP contribution in [0.2, 0.25) is 0 Å². The predicted octanol–water partition coefficient (Wildman–Crippen LogP) is 35.3. The molecule has 0 amide bonds. The topological polar surface area (TPSA) is 16.3 Å². The van der Waals surface area contributed by atoms with Crippen molar-refractivity contribution in [1.82, 2.24) is 9.13 Å². The van der Waals surface area contributed by atoms with E-state index < -0.39 is 42.1 Å². The molecule has 138 heavy (non-hydrogen) atoms. The van der Waals surface area contributed by atoms with E-state index in [4.69, 9.17) is 0 Å². The maximum absolute atomic E-state index is 11.4. The average Bonchev–Trinajstić information content (AvgIpc) is 0.814. The smallest absolute Gasteiger partial charge is 0.252 e. The fraction of sp³-hybridized carbons (Fsp3) is 0.233. The molecule has 0 saturated carbocycles. The number of fused-ring (bicyclic) bond motifs is 10. The monoisotopic (exact) mass is 1800 g/mol. The molecule has 21 rings (SSSR count). The number of anilines is 6. The van der Waals surface area contributed by atoms with Gasteiger partial charge in [-0.2, -0.15) is 0 Å². The first-order chi connectivity index (χ1) is 68.1. The summed E-state index contributed by atoms with van der Waals surface area (Å²) < 4.78 is 71.3. The van der Waals surface area contributed by atoms with Gasteiger partial charge in [-0.05, 0) is 299 Å². The second-order valence-electron chi connectivity index (χ2n) is 45.9. The minimum absolute atomic E-state index is 0.298. The van der Waals surface area contributed by atoms with Gasteiger partial charge in [-0.15, -0.1) is 0 Å². The van der Waals surface area contributed by atoms with E-state index in [0.29, 0.717) is 16.7 Å². The molecule has 0 bridgehead atoms. The maximum Gasteiger partial charge on any atom is 0.252 e. The second-order valence-corrected chi connectivity index (χ2v) is 45.9. The number of nitrogens with zero attached hydrogens (tertiary/aromatic N) is 4. The van der Waals surface area contributed by atoms with E-state index in [-0.39, 0.29) is 21.7 Å². The van der Waals surface area contributed by atoms with Gasteiger partial charge in [0, 0.05) is 75.0 Å². The zero-order valence-corrected chi connectivity index (χ0v) is 84.0. The Morgan fingerprint density at radius 2 is 0.493 bits per heavy atom. The molecule has 0 saturated heterocycles. The third-order valence-corrected chi connectivity index (χ3v) is 28.0. The summed E-state index contributed by atoms with van der Waals surface area (Å²) in [5, 5.41) is 4.39. The van der Waals surface area contributed by atoms with E-state index in [0.717, 1.165) is 217 Å². The maximum atomic E-state index is 11.4. The quantitative estimate of drug-likeness (QED) is 0.0951. The molecule has 0 aliphatic carbocycles. The molecule has 0 radical (unpaired) electrons. The fourth-order valence-electron chi connectivity index (χ4n) is 21.2. The summed E-state index contributed by atoms with van der Waals surface area (Å²) >= 11 is 0. The largest absolute Gasteiger partial charge is 0.311 e. The molecule has 17 aromatic carbocycles. The number of hydrogen-bond donors (Lipinski definition) is 0. The van der Waals surface area contributed by atoms with Gasteiger partial charge in [-0.25, -0.2) is 0 Å². The van der Waals surface area contributed by atoms with Crippen molar-refractivity contribution in [2.75, 3.05) is 9.80 Å². The highest BCUT2D eigenvalue weighted by molar-refractivity contribution is 7.00. The van der Waals surface area contributed by atoms with Gasteiger partial charge in [0.1, 0.15) is 0 Å². The van der Waals surface area contributed by atoms with Crippen molar-refractivity contribution in [2.45, 2.75) is 186 Å². The van der Waals surface area contributed by atoms with Gasteiger partial charge in [0.2, 0.25) is 0 Å². The Kier molecular flexibility index (Phi) is 20.6.